The van der Waals surface area contributed by atoms with Gasteiger partial charge in [0, 0.05) is 16.0 Å². The molecule has 4 aromatic rings. The monoisotopic (exact) mass is 465 g/mol. The van der Waals surface area contributed by atoms with Crippen molar-refractivity contribution in [2.75, 3.05) is 0 Å². The van der Waals surface area contributed by atoms with E-state index in [4.69, 9.17) is 16.3 Å². The van der Waals surface area contributed by atoms with Gasteiger partial charge in [-0.05, 0) is 49.4 Å². The summed E-state index contributed by atoms with van der Waals surface area (Å²) in [5.74, 6) is -0.663. The molecular weight excluding hydrogens is 450 g/mol. The summed E-state index contributed by atoms with van der Waals surface area (Å²) in [5.41, 5.74) is 0.855. The number of nitro benzene ring substituents is 1. The lowest BCUT2D eigenvalue weighted by Gasteiger charge is -2.10. The Hall–Kier alpha value is -3.62. The number of aryl methyl sites for hydroxylation is 1. The summed E-state index contributed by atoms with van der Waals surface area (Å²) in [6, 6.07) is 22.1. The molecule has 0 N–H and O–H groups in total. The molecule has 0 aliphatic rings. The third-order valence-electron chi connectivity index (χ3n) is 4.51. The minimum Gasteiger partial charge on any atom is -0.402 e. The number of rotatable bonds is 6. The van der Waals surface area contributed by atoms with E-state index in [0.717, 1.165) is 4.90 Å². The first-order valence-corrected chi connectivity index (χ1v) is 10.7. The van der Waals surface area contributed by atoms with Crippen molar-refractivity contribution in [3.05, 3.63) is 105 Å². The Morgan fingerprint density at radius 2 is 1.69 bits per heavy atom. The summed E-state index contributed by atoms with van der Waals surface area (Å²) in [7, 11) is 0. The molecule has 0 saturated heterocycles. The van der Waals surface area contributed by atoms with Crippen molar-refractivity contribution in [3.63, 3.8) is 0 Å². The lowest BCUT2D eigenvalue weighted by atomic mass is 10.2. The molecule has 1 heterocycles. The zero-order chi connectivity index (χ0) is 22.7. The third-order valence-corrected chi connectivity index (χ3v) is 5.94. The van der Waals surface area contributed by atoms with E-state index in [0.29, 0.717) is 21.3 Å². The van der Waals surface area contributed by atoms with Crippen molar-refractivity contribution < 1.29 is 14.5 Å². The van der Waals surface area contributed by atoms with Gasteiger partial charge in [-0.2, -0.15) is 9.78 Å². The van der Waals surface area contributed by atoms with Gasteiger partial charge in [-0.1, -0.05) is 53.7 Å². The molecule has 0 amide bonds. The summed E-state index contributed by atoms with van der Waals surface area (Å²) in [5, 5.41) is 16.5. The molecule has 7 nitrogen and oxygen atoms in total. The number of hydrogen-bond donors (Lipinski definition) is 0. The number of esters is 1. The molecule has 0 saturated carbocycles. The van der Waals surface area contributed by atoms with Crippen molar-refractivity contribution >= 4 is 35.0 Å². The van der Waals surface area contributed by atoms with Gasteiger partial charge in [-0.25, -0.2) is 4.79 Å². The van der Waals surface area contributed by atoms with E-state index < -0.39 is 10.9 Å². The normalized spacial score (nSPS) is 10.7. The first kappa shape index (κ1) is 21.6. The van der Waals surface area contributed by atoms with Crippen molar-refractivity contribution in [2.24, 2.45) is 0 Å². The smallest absolute Gasteiger partial charge is 0.351 e. The Bertz CT molecular complexity index is 1290. The predicted molar refractivity (Wildman–Crippen MR) is 122 cm³/mol. The van der Waals surface area contributed by atoms with Crippen LogP contribution < -0.4 is 4.74 Å². The zero-order valence-electron chi connectivity index (χ0n) is 16.8. The Morgan fingerprint density at radius 3 is 2.38 bits per heavy atom. The fraction of sp³-hybridized carbons (Fsp3) is 0.0435. The predicted octanol–water partition coefficient (Wildman–Crippen LogP) is 6.11. The first-order valence-electron chi connectivity index (χ1n) is 9.48. The van der Waals surface area contributed by atoms with Crippen LogP contribution in [0.3, 0.4) is 0 Å². The minimum absolute atomic E-state index is 0.140. The second-order valence-corrected chi connectivity index (χ2v) is 8.21. The maximum absolute atomic E-state index is 13.0. The van der Waals surface area contributed by atoms with Gasteiger partial charge < -0.3 is 4.74 Å². The number of aromatic nitrogens is 2. The fourth-order valence-corrected chi connectivity index (χ4v) is 4.05. The van der Waals surface area contributed by atoms with E-state index >= 15 is 0 Å². The Labute approximate surface area is 192 Å². The number of halogens is 1. The van der Waals surface area contributed by atoms with E-state index in [1.807, 2.05) is 42.5 Å². The maximum atomic E-state index is 13.0. The van der Waals surface area contributed by atoms with Crippen LogP contribution in [0.2, 0.25) is 5.02 Å². The molecule has 0 radical (unpaired) electrons. The number of para-hydroxylation sites is 2. The number of nitro groups is 1. The highest BCUT2D eigenvalue weighted by Crippen LogP contribution is 2.39. The van der Waals surface area contributed by atoms with Crippen LogP contribution in [0.15, 0.2) is 88.7 Å². The second-order valence-electron chi connectivity index (χ2n) is 6.69. The van der Waals surface area contributed by atoms with Gasteiger partial charge in [0.1, 0.15) is 5.56 Å². The van der Waals surface area contributed by atoms with Gasteiger partial charge in [0.15, 0.2) is 0 Å². The highest BCUT2D eigenvalue weighted by Gasteiger charge is 2.26. The minimum atomic E-state index is -0.840. The second kappa shape index (κ2) is 9.25. The van der Waals surface area contributed by atoms with E-state index in [2.05, 4.69) is 5.10 Å². The molecule has 0 aliphatic carbocycles. The van der Waals surface area contributed by atoms with E-state index in [9.17, 15) is 14.9 Å². The summed E-state index contributed by atoms with van der Waals surface area (Å²) < 4.78 is 7.25. The lowest BCUT2D eigenvalue weighted by Crippen LogP contribution is -2.14. The number of hydrogen-bond acceptors (Lipinski definition) is 6. The largest absolute Gasteiger partial charge is 0.402 e. The molecule has 32 heavy (non-hydrogen) atoms. The van der Waals surface area contributed by atoms with Gasteiger partial charge in [0.25, 0.3) is 5.69 Å². The highest BCUT2D eigenvalue weighted by molar-refractivity contribution is 7.99. The lowest BCUT2D eigenvalue weighted by molar-refractivity contribution is -0.385. The molecule has 4 rings (SSSR count). The Balaban J connectivity index is 1.79. The summed E-state index contributed by atoms with van der Waals surface area (Å²) >= 11 is 7.35. The molecule has 0 unspecified atom stereocenters. The maximum Gasteiger partial charge on any atom is 0.351 e. The number of ether oxygens (including phenoxy) is 1. The SMILES string of the molecule is Cc1nn(-c2ccccc2)c(OC(=O)c2ccccc2[N+](=O)[O-])c1Sc1ccc(Cl)cc1. The highest BCUT2D eigenvalue weighted by atomic mass is 35.5. The molecule has 0 bridgehead atoms. The summed E-state index contributed by atoms with van der Waals surface area (Å²) in [6.07, 6.45) is 0. The Kier molecular flexibility index (Phi) is 6.25. The average Bonchev–Trinajstić information content (AvgIpc) is 3.10. The molecule has 0 spiro atoms. The van der Waals surface area contributed by atoms with Crippen LogP contribution in [0.5, 0.6) is 5.88 Å². The van der Waals surface area contributed by atoms with Gasteiger partial charge in [0.2, 0.25) is 5.88 Å². The average molecular weight is 466 g/mol. The number of nitrogens with zero attached hydrogens (tertiary/aromatic N) is 3. The van der Waals surface area contributed by atoms with Crippen molar-refractivity contribution in [2.45, 2.75) is 16.7 Å². The molecule has 1 aromatic heterocycles. The summed E-state index contributed by atoms with van der Waals surface area (Å²) in [4.78, 5) is 25.2. The van der Waals surface area contributed by atoms with Crippen LogP contribution >= 0.6 is 23.4 Å². The molecule has 0 aliphatic heterocycles. The van der Waals surface area contributed by atoms with Crippen molar-refractivity contribution in [3.8, 4) is 11.6 Å². The standard InChI is InChI=1S/C23H16ClN3O4S/c1-15-21(32-18-13-11-16(24)12-14-18)22(26(25-15)17-7-3-2-4-8-17)31-23(28)19-9-5-6-10-20(19)27(29)30/h2-14H,1H3. The number of benzene rings is 3. The van der Waals surface area contributed by atoms with Crippen LogP contribution in [0.25, 0.3) is 5.69 Å². The van der Waals surface area contributed by atoms with Crippen LogP contribution in [0.4, 0.5) is 5.69 Å². The van der Waals surface area contributed by atoms with Gasteiger partial charge in [0.05, 0.1) is 21.2 Å². The summed E-state index contributed by atoms with van der Waals surface area (Å²) in [6.45, 7) is 1.81. The van der Waals surface area contributed by atoms with Gasteiger partial charge in [-0.15, -0.1) is 0 Å². The molecule has 9 heteroatoms. The van der Waals surface area contributed by atoms with Crippen LogP contribution in [0.1, 0.15) is 16.1 Å². The molecule has 0 fully saturated rings. The molecular formula is C23H16ClN3O4S. The van der Waals surface area contributed by atoms with Crippen molar-refractivity contribution in [1.29, 1.82) is 0 Å². The van der Waals surface area contributed by atoms with E-state index in [1.54, 1.807) is 25.1 Å². The topological polar surface area (TPSA) is 87.3 Å². The third kappa shape index (κ3) is 4.51. The molecule has 0 atom stereocenters. The Morgan fingerprint density at radius 1 is 1.03 bits per heavy atom. The number of carbonyl (C=O) groups excluding carboxylic acids is 1. The van der Waals surface area contributed by atoms with E-state index in [-0.39, 0.29) is 17.1 Å². The number of carbonyl (C=O) groups is 1. The van der Waals surface area contributed by atoms with Crippen LogP contribution in [-0.2, 0) is 0 Å². The first-order chi connectivity index (χ1) is 15.4. The van der Waals surface area contributed by atoms with Gasteiger partial charge >= 0.3 is 5.97 Å². The van der Waals surface area contributed by atoms with Crippen LogP contribution in [0, 0.1) is 17.0 Å². The van der Waals surface area contributed by atoms with E-state index in [1.165, 1.54) is 34.6 Å². The van der Waals surface area contributed by atoms with Gasteiger partial charge in [-0.3, -0.25) is 10.1 Å². The zero-order valence-corrected chi connectivity index (χ0v) is 18.3. The quantitative estimate of drug-likeness (QED) is 0.194. The fourth-order valence-electron chi connectivity index (χ4n) is 3.01. The van der Waals surface area contributed by atoms with Crippen LogP contribution in [-0.4, -0.2) is 20.7 Å². The molecule has 160 valence electrons. The molecule has 3 aromatic carbocycles. The van der Waals surface area contributed by atoms with Crippen molar-refractivity contribution in [1.82, 2.24) is 9.78 Å².